The Morgan fingerprint density at radius 3 is 1.98 bits per heavy atom. The highest BCUT2D eigenvalue weighted by Crippen LogP contribution is 2.17. The van der Waals surface area contributed by atoms with Gasteiger partial charge in [-0.3, -0.25) is 24.2 Å². The van der Waals surface area contributed by atoms with Gasteiger partial charge in [0.25, 0.3) is 0 Å². The van der Waals surface area contributed by atoms with Gasteiger partial charge >= 0.3 is 0 Å². The Kier molecular flexibility index (Phi) is 11.2. The van der Waals surface area contributed by atoms with Crippen LogP contribution in [-0.4, -0.2) is 54.3 Å². The maximum Gasteiger partial charge on any atom is 0.243 e. The summed E-state index contributed by atoms with van der Waals surface area (Å²) in [6.45, 7) is 1.55. The predicted octanol–water partition coefficient (Wildman–Crippen LogP) is 0.638. The van der Waals surface area contributed by atoms with E-state index in [1.807, 2.05) is 72.8 Å². The number of hydrogen-bond donors (Lipinski definition) is 6. The zero-order chi connectivity index (χ0) is 29.8. The molecule has 0 radical (unpaired) electrons. The smallest absolute Gasteiger partial charge is 0.243 e. The van der Waals surface area contributed by atoms with Crippen LogP contribution in [0.2, 0.25) is 0 Å². The molecule has 11 heteroatoms. The van der Waals surface area contributed by atoms with Crippen molar-refractivity contribution in [2.24, 2.45) is 22.2 Å². The van der Waals surface area contributed by atoms with Gasteiger partial charge in [0.15, 0.2) is 5.96 Å². The third kappa shape index (κ3) is 9.95. The molecule has 3 atom stereocenters. The van der Waals surface area contributed by atoms with Crippen molar-refractivity contribution in [3.8, 4) is 0 Å². The summed E-state index contributed by atoms with van der Waals surface area (Å²) in [4.78, 5) is 54.9. The molecule has 0 aromatic heterocycles. The average molecular weight is 560 g/mol. The second kappa shape index (κ2) is 15.0. The van der Waals surface area contributed by atoms with E-state index in [2.05, 4.69) is 20.9 Å². The van der Waals surface area contributed by atoms with E-state index < -0.39 is 35.8 Å². The third-order valence-electron chi connectivity index (χ3n) is 6.47. The van der Waals surface area contributed by atoms with E-state index in [4.69, 9.17) is 17.2 Å². The Hall–Kier alpha value is -4.93. The molecule has 11 nitrogen and oxygen atoms in total. The lowest BCUT2D eigenvalue weighted by atomic mass is 10.0. The first-order chi connectivity index (χ1) is 19.6. The number of primary amides is 1. The molecule has 0 saturated carbocycles. The minimum Gasteiger partial charge on any atom is -0.370 e. The lowest BCUT2D eigenvalue weighted by molar-refractivity contribution is -0.133. The highest BCUT2D eigenvalue weighted by Gasteiger charge is 2.29. The number of benzene rings is 3. The van der Waals surface area contributed by atoms with Crippen LogP contribution in [0.25, 0.3) is 10.8 Å². The van der Waals surface area contributed by atoms with Gasteiger partial charge in [-0.2, -0.15) is 0 Å². The molecule has 3 aromatic rings. The zero-order valence-corrected chi connectivity index (χ0v) is 23.0. The number of nitrogens with one attached hydrogen (secondary N) is 3. The molecule has 0 spiro atoms. The molecule has 0 aliphatic carbocycles. The van der Waals surface area contributed by atoms with Crippen molar-refractivity contribution in [2.45, 2.75) is 50.7 Å². The van der Waals surface area contributed by atoms with Crippen LogP contribution in [0, 0.1) is 0 Å². The van der Waals surface area contributed by atoms with Gasteiger partial charge < -0.3 is 33.2 Å². The molecule has 0 aliphatic heterocycles. The predicted molar refractivity (Wildman–Crippen MR) is 158 cm³/mol. The Labute approximate surface area is 238 Å². The van der Waals surface area contributed by atoms with Crippen LogP contribution < -0.4 is 33.2 Å². The van der Waals surface area contributed by atoms with Crippen molar-refractivity contribution in [3.05, 3.63) is 83.9 Å². The van der Waals surface area contributed by atoms with E-state index >= 15 is 0 Å². The van der Waals surface area contributed by atoms with Crippen molar-refractivity contribution in [1.82, 2.24) is 16.0 Å². The Morgan fingerprint density at radius 2 is 1.32 bits per heavy atom. The van der Waals surface area contributed by atoms with Crippen LogP contribution in [0.3, 0.4) is 0 Å². The van der Waals surface area contributed by atoms with Crippen LogP contribution in [-0.2, 0) is 32.0 Å². The largest absolute Gasteiger partial charge is 0.370 e. The van der Waals surface area contributed by atoms with Crippen LogP contribution in [0.4, 0.5) is 0 Å². The van der Waals surface area contributed by atoms with Gasteiger partial charge in [-0.1, -0.05) is 72.8 Å². The maximum atomic E-state index is 13.4. The van der Waals surface area contributed by atoms with E-state index in [0.29, 0.717) is 6.42 Å². The molecule has 4 amide bonds. The van der Waals surface area contributed by atoms with E-state index in [-0.39, 0.29) is 37.7 Å². The number of amides is 4. The Morgan fingerprint density at radius 1 is 0.707 bits per heavy atom. The van der Waals surface area contributed by atoms with Gasteiger partial charge in [0.2, 0.25) is 23.6 Å². The fourth-order valence-electron chi connectivity index (χ4n) is 4.45. The summed E-state index contributed by atoms with van der Waals surface area (Å²) in [6, 6.07) is 19.8. The monoisotopic (exact) mass is 559 g/mol. The van der Waals surface area contributed by atoms with Crippen LogP contribution in [0.5, 0.6) is 0 Å². The van der Waals surface area contributed by atoms with Gasteiger partial charge in [0.1, 0.15) is 18.1 Å². The molecule has 3 rings (SSSR count). The van der Waals surface area contributed by atoms with Crippen molar-refractivity contribution in [3.63, 3.8) is 0 Å². The molecule has 3 aromatic carbocycles. The average Bonchev–Trinajstić information content (AvgIpc) is 2.93. The first-order valence-corrected chi connectivity index (χ1v) is 13.4. The van der Waals surface area contributed by atoms with E-state index in [0.717, 1.165) is 21.9 Å². The van der Waals surface area contributed by atoms with Crippen molar-refractivity contribution in [2.75, 3.05) is 6.54 Å². The molecule has 0 fully saturated rings. The highest BCUT2D eigenvalue weighted by atomic mass is 16.2. The lowest BCUT2D eigenvalue weighted by Crippen LogP contribution is -2.57. The third-order valence-corrected chi connectivity index (χ3v) is 6.47. The van der Waals surface area contributed by atoms with Crippen molar-refractivity contribution < 1.29 is 19.2 Å². The van der Waals surface area contributed by atoms with Gasteiger partial charge in [0.05, 0.1) is 0 Å². The van der Waals surface area contributed by atoms with Gasteiger partial charge in [0, 0.05) is 26.3 Å². The fourth-order valence-corrected chi connectivity index (χ4v) is 4.45. The van der Waals surface area contributed by atoms with Crippen LogP contribution in [0.15, 0.2) is 77.8 Å². The number of fused-ring (bicyclic) bond motifs is 1. The van der Waals surface area contributed by atoms with Gasteiger partial charge in [-0.15, -0.1) is 0 Å². The van der Waals surface area contributed by atoms with Crippen molar-refractivity contribution >= 4 is 40.4 Å². The molecular formula is C30H37N7O4. The number of carbonyl (C=O) groups is 4. The number of aliphatic imine (C=N–C) groups is 1. The molecule has 0 saturated heterocycles. The summed E-state index contributed by atoms with van der Waals surface area (Å²) < 4.78 is 0. The molecule has 9 N–H and O–H groups in total. The summed E-state index contributed by atoms with van der Waals surface area (Å²) in [6.07, 6.45) is 0.934. The minimum absolute atomic E-state index is 0.0900. The second-order valence-electron chi connectivity index (χ2n) is 9.80. The van der Waals surface area contributed by atoms with Crippen molar-refractivity contribution in [1.29, 1.82) is 0 Å². The lowest BCUT2D eigenvalue weighted by Gasteiger charge is -2.25. The normalized spacial score (nSPS) is 12.9. The highest BCUT2D eigenvalue weighted by molar-refractivity contribution is 5.94. The van der Waals surface area contributed by atoms with Gasteiger partial charge in [-0.25, -0.2) is 0 Å². The fraction of sp³-hybridized carbons (Fsp3) is 0.300. The quantitative estimate of drug-likeness (QED) is 0.0952. The van der Waals surface area contributed by atoms with Gasteiger partial charge in [-0.05, 0) is 34.7 Å². The maximum absolute atomic E-state index is 13.4. The minimum atomic E-state index is -1.04. The summed E-state index contributed by atoms with van der Waals surface area (Å²) in [5.74, 6) is -2.32. The molecule has 3 unspecified atom stereocenters. The SMILES string of the molecule is CC(=O)NC(Cc1ccccc1)C(=O)NC(CCCN=C(N)N)C(=O)NC(Cc1ccc2ccccc2c1)C(N)=O. The van der Waals surface area contributed by atoms with Crippen LogP contribution in [0.1, 0.15) is 30.9 Å². The Bertz CT molecular complexity index is 1390. The number of nitrogens with two attached hydrogens (primary N) is 3. The topological polar surface area (TPSA) is 195 Å². The van der Waals surface area contributed by atoms with Crippen LogP contribution >= 0.6 is 0 Å². The molecular weight excluding hydrogens is 522 g/mol. The van der Waals surface area contributed by atoms with E-state index in [1.165, 1.54) is 6.92 Å². The number of carbonyl (C=O) groups excluding carboxylic acids is 4. The number of nitrogens with zero attached hydrogens (tertiary/aromatic N) is 1. The molecule has 0 aliphatic rings. The summed E-state index contributed by atoms with van der Waals surface area (Å²) in [5.41, 5.74) is 18.1. The number of hydrogen-bond acceptors (Lipinski definition) is 5. The van der Waals surface area contributed by atoms with E-state index in [9.17, 15) is 19.2 Å². The molecule has 0 bridgehead atoms. The second-order valence-corrected chi connectivity index (χ2v) is 9.80. The van der Waals surface area contributed by atoms with E-state index in [1.54, 1.807) is 0 Å². The number of rotatable bonds is 14. The standard InChI is InChI=1S/C30H37N7O4/c1-19(38)35-26(17-20-8-3-2-4-9-20)29(41)36-24(12-7-15-34-30(32)33)28(40)37-25(27(31)39)18-21-13-14-22-10-5-6-11-23(22)16-21/h2-6,8-11,13-14,16,24-26H,7,12,15,17-18H2,1H3,(H2,31,39)(H,35,38)(H,36,41)(H,37,40)(H4,32,33,34). The summed E-state index contributed by atoms with van der Waals surface area (Å²) >= 11 is 0. The zero-order valence-electron chi connectivity index (χ0n) is 23.0. The first kappa shape index (κ1) is 30.6. The molecule has 216 valence electrons. The summed E-state index contributed by atoms with van der Waals surface area (Å²) in [7, 11) is 0. The molecule has 41 heavy (non-hydrogen) atoms. The Balaban J connectivity index is 1.76. The first-order valence-electron chi connectivity index (χ1n) is 13.4. The molecule has 0 heterocycles. The summed E-state index contributed by atoms with van der Waals surface area (Å²) in [5, 5.41) is 10.1. The number of guanidine groups is 1.